The second kappa shape index (κ2) is 7.27. The van der Waals surface area contributed by atoms with Crippen LogP contribution in [-0.4, -0.2) is 35.3 Å². The number of ether oxygens (including phenoxy) is 2. The fourth-order valence-corrected chi connectivity index (χ4v) is 2.80. The van der Waals surface area contributed by atoms with E-state index in [4.69, 9.17) is 21.1 Å². The first-order valence-corrected chi connectivity index (χ1v) is 8.95. The molecule has 1 amide bonds. The molecule has 1 aromatic heterocycles. The minimum atomic E-state index is -0.347. The molecule has 1 atom stereocenters. The van der Waals surface area contributed by atoms with E-state index in [1.54, 1.807) is 0 Å². The molecule has 0 aliphatic carbocycles. The van der Waals surface area contributed by atoms with Crippen molar-refractivity contribution in [2.24, 2.45) is 0 Å². The number of benzene rings is 1. The predicted octanol–water partition coefficient (Wildman–Crippen LogP) is 3.11. The summed E-state index contributed by atoms with van der Waals surface area (Å²) in [6, 6.07) is 5.37. The Morgan fingerprint density at radius 2 is 2.08 bits per heavy atom. The number of halogens is 1. The highest BCUT2D eigenvalue weighted by Crippen LogP contribution is 2.32. The zero-order valence-electron chi connectivity index (χ0n) is 13.2. The number of carbonyl (C=O) groups excluding carboxylic acids is 1. The summed E-state index contributed by atoms with van der Waals surface area (Å²) in [6.07, 6.45) is 3.27. The minimum Gasteiger partial charge on any atom is -0.486 e. The smallest absolute Gasteiger partial charge is 0.272 e. The molecular formula is C16H16ClN3O3S. The second-order valence-electron chi connectivity index (χ2n) is 5.15. The Balaban J connectivity index is 1.77. The van der Waals surface area contributed by atoms with Crippen LogP contribution in [0.1, 0.15) is 29.0 Å². The van der Waals surface area contributed by atoms with Crippen LogP contribution in [0.4, 0.5) is 0 Å². The number of nitrogens with one attached hydrogen (secondary N) is 1. The standard InChI is InChI=1S/C16H16ClN3O3S/c1-9(10-3-4-12-13(7-10)23-6-5-22-12)19-15(21)14-11(17)8-18-16(20-14)24-2/h3-4,7-9H,5-6H2,1-2H3,(H,19,21)/t9-/m0/s1. The first kappa shape index (κ1) is 16.9. The molecule has 1 aromatic carbocycles. The van der Waals surface area contributed by atoms with E-state index in [0.29, 0.717) is 29.9 Å². The Bertz CT molecular complexity index is 772. The quantitative estimate of drug-likeness (QED) is 0.663. The minimum absolute atomic E-state index is 0.167. The van der Waals surface area contributed by atoms with Crippen LogP contribution < -0.4 is 14.8 Å². The summed E-state index contributed by atoms with van der Waals surface area (Å²) >= 11 is 7.39. The number of thioether (sulfide) groups is 1. The molecule has 2 heterocycles. The van der Waals surface area contributed by atoms with E-state index in [2.05, 4.69) is 15.3 Å². The van der Waals surface area contributed by atoms with Gasteiger partial charge in [-0.05, 0) is 30.9 Å². The van der Waals surface area contributed by atoms with Crippen LogP contribution in [0.25, 0.3) is 0 Å². The Hall–Kier alpha value is -1.99. The first-order chi connectivity index (χ1) is 11.6. The van der Waals surface area contributed by atoms with E-state index in [0.717, 1.165) is 5.56 Å². The molecule has 3 rings (SSSR count). The van der Waals surface area contributed by atoms with Crippen molar-refractivity contribution in [3.8, 4) is 11.5 Å². The summed E-state index contributed by atoms with van der Waals surface area (Å²) in [5, 5.41) is 3.61. The molecule has 24 heavy (non-hydrogen) atoms. The molecule has 1 aliphatic rings. The van der Waals surface area contributed by atoms with Gasteiger partial charge in [-0.1, -0.05) is 29.4 Å². The van der Waals surface area contributed by atoms with Gasteiger partial charge in [0.1, 0.15) is 13.2 Å². The van der Waals surface area contributed by atoms with Gasteiger partial charge in [-0.25, -0.2) is 9.97 Å². The lowest BCUT2D eigenvalue weighted by atomic mass is 10.1. The SMILES string of the molecule is CSc1ncc(Cl)c(C(=O)N[C@@H](C)c2ccc3c(c2)OCCO3)n1. The maximum absolute atomic E-state index is 12.5. The number of amides is 1. The summed E-state index contributed by atoms with van der Waals surface area (Å²) in [5.41, 5.74) is 1.07. The maximum Gasteiger partial charge on any atom is 0.272 e. The largest absolute Gasteiger partial charge is 0.486 e. The molecule has 0 bridgehead atoms. The lowest BCUT2D eigenvalue weighted by Gasteiger charge is -2.21. The van der Waals surface area contributed by atoms with Crippen molar-refractivity contribution < 1.29 is 14.3 Å². The van der Waals surface area contributed by atoms with Crippen LogP contribution in [-0.2, 0) is 0 Å². The molecule has 1 N–H and O–H groups in total. The number of aromatic nitrogens is 2. The fourth-order valence-electron chi connectivity index (χ4n) is 2.29. The molecule has 0 saturated carbocycles. The Morgan fingerprint density at radius 1 is 1.33 bits per heavy atom. The van der Waals surface area contributed by atoms with Gasteiger partial charge < -0.3 is 14.8 Å². The van der Waals surface area contributed by atoms with Crippen LogP contribution >= 0.6 is 23.4 Å². The van der Waals surface area contributed by atoms with E-state index in [1.165, 1.54) is 18.0 Å². The second-order valence-corrected chi connectivity index (χ2v) is 6.33. The number of rotatable bonds is 4. The first-order valence-electron chi connectivity index (χ1n) is 7.35. The van der Waals surface area contributed by atoms with Crippen LogP contribution in [0.3, 0.4) is 0 Å². The van der Waals surface area contributed by atoms with Crippen molar-refractivity contribution in [3.05, 3.63) is 40.7 Å². The van der Waals surface area contributed by atoms with Crippen molar-refractivity contribution in [2.45, 2.75) is 18.1 Å². The van der Waals surface area contributed by atoms with Crippen molar-refractivity contribution >= 4 is 29.3 Å². The Morgan fingerprint density at radius 3 is 2.83 bits per heavy atom. The molecule has 8 heteroatoms. The molecule has 2 aromatic rings. The summed E-state index contributed by atoms with van der Waals surface area (Å²) in [6.45, 7) is 2.95. The third kappa shape index (κ3) is 3.57. The Labute approximate surface area is 148 Å². The fraction of sp³-hybridized carbons (Fsp3) is 0.312. The molecular weight excluding hydrogens is 350 g/mol. The van der Waals surface area contributed by atoms with Gasteiger partial charge in [0.05, 0.1) is 17.3 Å². The average Bonchev–Trinajstić information content (AvgIpc) is 2.61. The predicted molar refractivity (Wildman–Crippen MR) is 92.1 cm³/mol. The van der Waals surface area contributed by atoms with Crippen LogP contribution in [0.15, 0.2) is 29.6 Å². The number of nitrogens with zero attached hydrogens (tertiary/aromatic N) is 2. The van der Waals surface area contributed by atoms with Gasteiger partial charge in [0.2, 0.25) is 0 Å². The van der Waals surface area contributed by atoms with E-state index in [9.17, 15) is 4.79 Å². The van der Waals surface area contributed by atoms with Crippen LogP contribution in [0, 0.1) is 0 Å². The molecule has 1 aliphatic heterocycles. The third-order valence-electron chi connectivity index (χ3n) is 3.53. The molecule has 126 valence electrons. The molecule has 0 spiro atoms. The van der Waals surface area contributed by atoms with Crippen LogP contribution in [0.5, 0.6) is 11.5 Å². The highest BCUT2D eigenvalue weighted by atomic mass is 35.5. The maximum atomic E-state index is 12.5. The van der Waals surface area contributed by atoms with Gasteiger partial charge in [-0.3, -0.25) is 4.79 Å². The molecule has 0 saturated heterocycles. The van der Waals surface area contributed by atoms with Crippen molar-refractivity contribution in [3.63, 3.8) is 0 Å². The molecule has 6 nitrogen and oxygen atoms in total. The van der Waals surface area contributed by atoms with E-state index < -0.39 is 0 Å². The van der Waals surface area contributed by atoms with Crippen molar-refractivity contribution in [1.29, 1.82) is 0 Å². The van der Waals surface area contributed by atoms with Gasteiger partial charge in [0, 0.05) is 0 Å². The van der Waals surface area contributed by atoms with Gasteiger partial charge in [-0.15, -0.1) is 0 Å². The van der Waals surface area contributed by atoms with Crippen LogP contribution in [0.2, 0.25) is 5.02 Å². The van der Waals surface area contributed by atoms with E-state index >= 15 is 0 Å². The van der Waals surface area contributed by atoms with Crippen molar-refractivity contribution in [1.82, 2.24) is 15.3 Å². The average molecular weight is 366 g/mol. The lowest BCUT2D eigenvalue weighted by molar-refractivity contribution is 0.0934. The van der Waals surface area contributed by atoms with Gasteiger partial charge in [0.15, 0.2) is 22.3 Å². The number of hydrogen-bond donors (Lipinski definition) is 1. The zero-order valence-corrected chi connectivity index (χ0v) is 14.8. The topological polar surface area (TPSA) is 73.3 Å². The number of hydrogen-bond acceptors (Lipinski definition) is 6. The summed E-state index contributed by atoms with van der Waals surface area (Å²) in [5.74, 6) is 1.05. The molecule has 0 radical (unpaired) electrons. The van der Waals surface area contributed by atoms with Gasteiger partial charge in [-0.2, -0.15) is 0 Å². The van der Waals surface area contributed by atoms with Gasteiger partial charge >= 0.3 is 0 Å². The number of carbonyl (C=O) groups is 1. The third-order valence-corrected chi connectivity index (χ3v) is 4.37. The Kier molecular flexibility index (Phi) is 5.11. The highest BCUT2D eigenvalue weighted by molar-refractivity contribution is 7.98. The molecule has 0 fully saturated rings. The number of fused-ring (bicyclic) bond motifs is 1. The highest BCUT2D eigenvalue weighted by Gasteiger charge is 2.19. The summed E-state index contributed by atoms with van der Waals surface area (Å²) < 4.78 is 11.1. The van der Waals surface area contributed by atoms with E-state index in [1.807, 2.05) is 31.4 Å². The monoisotopic (exact) mass is 365 g/mol. The summed E-state index contributed by atoms with van der Waals surface area (Å²) in [4.78, 5) is 20.7. The summed E-state index contributed by atoms with van der Waals surface area (Å²) in [7, 11) is 0. The van der Waals surface area contributed by atoms with Crippen molar-refractivity contribution in [2.75, 3.05) is 19.5 Å². The van der Waals surface area contributed by atoms with Gasteiger partial charge in [0.25, 0.3) is 5.91 Å². The normalized spacial score (nSPS) is 14.1. The molecule has 0 unspecified atom stereocenters. The lowest BCUT2D eigenvalue weighted by Crippen LogP contribution is -2.28. The zero-order chi connectivity index (χ0) is 17.1. The van der Waals surface area contributed by atoms with E-state index in [-0.39, 0.29) is 22.7 Å².